The molecule has 2 heterocycles. The highest BCUT2D eigenvalue weighted by Crippen LogP contribution is 2.34. The molecule has 3 unspecified atom stereocenters. The summed E-state index contributed by atoms with van der Waals surface area (Å²) in [5.41, 5.74) is 0. The van der Waals surface area contributed by atoms with Gasteiger partial charge in [-0.05, 0) is 32.1 Å². The highest BCUT2D eigenvalue weighted by atomic mass is 127. The number of hydrogen-bond donors (Lipinski definition) is 2. The van der Waals surface area contributed by atoms with Crippen molar-refractivity contribution in [3.63, 3.8) is 0 Å². The molecule has 23 heavy (non-hydrogen) atoms. The molecule has 0 aliphatic carbocycles. The molecule has 0 aromatic heterocycles. The molecule has 2 bridgehead atoms. The molecule has 7 heteroatoms. The van der Waals surface area contributed by atoms with Gasteiger partial charge < -0.3 is 20.1 Å². The summed E-state index contributed by atoms with van der Waals surface area (Å²) in [6, 6.07) is 0.407. The minimum absolute atomic E-state index is 0. The lowest BCUT2D eigenvalue weighted by molar-refractivity contribution is -0.140. The molecule has 3 atom stereocenters. The molecule has 0 radical (unpaired) electrons. The Morgan fingerprint density at radius 1 is 1.26 bits per heavy atom. The van der Waals surface area contributed by atoms with E-state index in [0.717, 1.165) is 44.6 Å². The summed E-state index contributed by atoms with van der Waals surface area (Å²) in [6.45, 7) is 0.902. The maximum absolute atomic E-state index is 11.0. The Morgan fingerprint density at radius 2 is 2.04 bits per heavy atom. The molecular formula is C16H30IN3O3. The molecular weight excluding hydrogens is 409 g/mol. The van der Waals surface area contributed by atoms with Crippen molar-refractivity contribution in [2.45, 2.75) is 69.6 Å². The van der Waals surface area contributed by atoms with Gasteiger partial charge in [-0.15, -0.1) is 24.0 Å². The Labute approximate surface area is 156 Å². The standard InChI is InChI=1S/C16H29N3O3.HI/c1-17-16(19-13-11-12-8-9-14(13)22-12)18-10-6-4-3-5-7-15(20)21-2;/h12-14H,3-11H2,1-2H3,(H2,17,18,19);1H. The number of rotatable bonds is 8. The van der Waals surface area contributed by atoms with Crippen LogP contribution in [0.3, 0.4) is 0 Å². The predicted octanol–water partition coefficient (Wildman–Crippen LogP) is 2.21. The molecule has 134 valence electrons. The van der Waals surface area contributed by atoms with Crippen LogP contribution in [-0.2, 0) is 14.3 Å². The Bertz CT molecular complexity index is 393. The van der Waals surface area contributed by atoms with Crippen LogP contribution in [0, 0.1) is 0 Å². The minimum atomic E-state index is -0.115. The number of fused-ring (bicyclic) bond motifs is 2. The average molecular weight is 439 g/mol. The maximum Gasteiger partial charge on any atom is 0.305 e. The van der Waals surface area contributed by atoms with E-state index in [1.807, 2.05) is 0 Å². The molecule has 2 saturated heterocycles. The highest BCUT2D eigenvalue weighted by Gasteiger charge is 2.40. The number of nitrogens with zero attached hydrogens (tertiary/aromatic N) is 1. The lowest BCUT2D eigenvalue weighted by Gasteiger charge is -2.22. The molecule has 2 aliphatic rings. The van der Waals surface area contributed by atoms with Crippen LogP contribution in [0.25, 0.3) is 0 Å². The molecule has 2 N–H and O–H groups in total. The monoisotopic (exact) mass is 439 g/mol. The first-order valence-corrected chi connectivity index (χ1v) is 8.42. The third-order valence-electron chi connectivity index (χ3n) is 4.48. The molecule has 0 saturated carbocycles. The van der Waals surface area contributed by atoms with E-state index in [1.165, 1.54) is 20.0 Å². The first-order valence-electron chi connectivity index (χ1n) is 8.42. The second kappa shape index (κ2) is 11.1. The van der Waals surface area contributed by atoms with Crippen LogP contribution in [0.1, 0.15) is 51.4 Å². The first-order chi connectivity index (χ1) is 10.7. The normalized spacial score (nSPS) is 25.8. The van der Waals surface area contributed by atoms with Crippen LogP contribution in [0.5, 0.6) is 0 Å². The third kappa shape index (κ3) is 6.82. The number of carbonyl (C=O) groups is 1. The molecule has 0 aromatic rings. The van der Waals surface area contributed by atoms with E-state index in [1.54, 1.807) is 7.05 Å². The summed E-state index contributed by atoms with van der Waals surface area (Å²) in [6.07, 6.45) is 8.96. The van der Waals surface area contributed by atoms with E-state index in [0.29, 0.717) is 24.7 Å². The zero-order valence-electron chi connectivity index (χ0n) is 14.2. The largest absolute Gasteiger partial charge is 0.469 e. The summed E-state index contributed by atoms with van der Waals surface area (Å²) in [7, 11) is 3.24. The van der Waals surface area contributed by atoms with Gasteiger partial charge in [-0.2, -0.15) is 0 Å². The summed E-state index contributed by atoms with van der Waals surface area (Å²) < 4.78 is 10.5. The van der Waals surface area contributed by atoms with Crippen LogP contribution in [0.15, 0.2) is 4.99 Å². The fraction of sp³-hybridized carbons (Fsp3) is 0.875. The van der Waals surface area contributed by atoms with Crippen molar-refractivity contribution < 1.29 is 14.3 Å². The number of halogens is 1. The fourth-order valence-corrected chi connectivity index (χ4v) is 3.22. The van der Waals surface area contributed by atoms with Gasteiger partial charge in [0.15, 0.2) is 5.96 Å². The van der Waals surface area contributed by atoms with Crippen molar-refractivity contribution in [1.82, 2.24) is 10.6 Å². The van der Waals surface area contributed by atoms with Crippen molar-refractivity contribution in [3.05, 3.63) is 0 Å². The number of guanidine groups is 1. The smallest absolute Gasteiger partial charge is 0.305 e. The summed E-state index contributed by atoms with van der Waals surface area (Å²) in [5.74, 6) is 0.756. The molecule has 0 amide bonds. The van der Waals surface area contributed by atoms with Gasteiger partial charge in [-0.1, -0.05) is 12.8 Å². The van der Waals surface area contributed by atoms with Crippen LogP contribution in [0.2, 0.25) is 0 Å². The Hall–Kier alpha value is -0.570. The lowest BCUT2D eigenvalue weighted by Crippen LogP contribution is -2.47. The lowest BCUT2D eigenvalue weighted by atomic mass is 9.96. The maximum atomic E-state index is 11.0. The number of unbranched alkanes of at least 4 members (excludes halogenated alkanes) is 3. The van der Waals surface area contributed by atoms with E-state index in [-0.39, 0.29) is 29.9 Å². The van der Waals surface area contributed by atoms with Gasteiger partial charge in [0.05, 0.1) is 25.4 Å². The van der Waals surface area contributed by atoms with E-state index in [9.17, 15) is 4.79 Å². The number of esters is 1. The number of methoxy groups -OCH3 is 1. The third-order valence-corrected chi connectivity index (χ3v) is 4.48. The molecule has 0 aromatic carbocycles. The van der Waals surface area contributed by atoms with Crippen LogP contribution >= 0.6 is 24.0 Å². The van der Waals surface area contributed by atoms with Crippen molar-refractivity contribution in [2.24, 2.45) is 4.99 Å². The summed E-state index contributed by atoms with van der Waals surface area (Å²) in [4.78, 5) is 15.3. The van der Waals surface area contributed by atoms with E-state index >= 15 is 0 Å². The van der Waals surface area contributed by atoms with Gasteiger partial charge in [0, 0.05) is 20.0 Å². The SMILES string of the molecule is CN=C(NCCCCCCC(=O)OC)NC1CC2CCC1O2.I. The molecule has 2 fully saturated rings. The van der Waals surface area contributed by atoms with Crippen molar-refractivity contribution in [3.8, 4) is 0 Å². The second-order valence-corrected chi connectivity index (χ2v) is 6.10. The number of nitrogens with one attached hydrogen (secondary N) is 2. The quantitative estimate of drug-likeness (QED) is 0.200. The molecule has 2 rings (SSSR count). The topological polar surface area (TPSA) is 72.0 Å². The van der Waals surface area contributed by atoms with Gasteiger partial charge in [0.2, 0.25) is 0 Å². The van der Waals surface area contributed by atoms with Gasteiger partial charge in [-0.25, -0.2) is 0 Å². The van der Waals surface area contributed by atoms with Crippen molar-refractivity contribution in [2.75, 3.05) is 20.7 Å². The first kappa shape index (κ1) is 20.5. The molecule has 6 nitrogen and oxygen atoms in total. The van der Waals surface area contributed by atoms with Crippen LogP contribution in [0.4, 0.5) is 0 Å². The van der Waals surface area contributed by atoms with Gasteiger partial charge in [-0.3, -0.25) is 9.79 Å². The van der Waals surface area contributed by atoms with Gasteiger partial charge >= 0.3 is 5.97 Å². The average Bonchev–Trinajstić information content (AvgIpc) is 3.15. The van der Waals surface area contributed by atoms with E-state index < -0.39 is 0 Å². The number of aliphatic imine (C=N–C) groups is 1. The number of ether oxygens (including phenoxy) is 2. The summed E-state index contributed by atoms with van der Waals surface area (Å²) in [5, 5.41) is 6.83. The minimum Gasteiger partial charge on any atom is -0.469 e. The second-order valence-electron chi connectivity index (χ2n) is 6.10. The molecule has 0 spiro atoms. The van der Waals surface area contributed by atoms with Gasteiger partial charge in [0.1, 0.15) is 0 Å². The molecule has 2 aliphatic heterocycles. The van der Waals surface area contributed by atoms with Gasteiger partial charge in [0.25, 0.3) is 0 Å². The highest BCUT2D eigenvalue weighted by molar-refractivity contribution is 14.0. The Kier molecular flexibility index (Phi) is 9.85. The van der Waals surface area contributed by atoms with Crippen molar-refractivity contribution in [1.29, 1.82) is 0 Å². The zero-order valence-corrected chi connectivity index (χ0v) is 16.5. The summed E-state index contributed by atoms with van der Waals surface area (Å²) >= 11 is 0. The van der Waals surface area contributed by atoms with E-state index in [4.69, 9.17) is 4.74 Å². The zero-order chi connectivity index (χ0) is 15.8. The Balaban J connectivity index is 0.00000264. The van der Waals surface area contributed by atoms with Crippen LogP contribution < -0.4 is 10.6 Å². The Morgan fingerprint density at radius 3 is 2.65 bits per heavy atom. The van der Waals surface area contributed by atoms with E-state index in [2.05, 4.69) is 20.4 Å². The van der Waals surface area contributed by atoms with Crippen molar-refractivity contribution >= 4 is 35.9 Å². The predicted molar refractivity (Wildman–Crippen MR) is 101 cm³/mol. The number of carbonyl (C=O) groups excluding carboxylic acids is 1. The number of hydrogen-bond acceptors (Lipinski definition) is 4. The van der Waals surface area contributed by atoms with Crippen LogP contribution in [-0.4, -0.2) is 50.9 Å². The fourth-order valence-electron chi connectivity index (χ4n) is 3.22.